The molecule has 0 saturated heterocycles. The van der Waals surface area contributed by atoms with Gasteiger partial charge in [0.1, 0.15) is 5.70 Å². The summed E-state index contributed by atoms with van der Waals surface area (Å²) in [4.78, 5) is 27.8. The number of carbonyl (C=O) groups is 2. The van der Waals surface area contributed by atoms with Gasteiger partial charge in [0.15, 0.2) is 0 Å². The maximum Gasteiger partial charge on any atom is 0.282 e. The van der Waals surface area contributed by atoms with Crippen LogP contribution < -0.4 is 10.2 Å². The first kappa shape index (κ1) is 19.0. The van der Waals surface area contributed by atoms with Gasteiger partial charge < -0.3 is 5.32 Å². The zero-order valence-electron chi connectivity index (χ0n) is 16.1. The molecule has 144 valence electrons. The van der Waals surface area contributed by atoms with E-state index in [9.17, 15) is 9.59 Å². The minimum Gasteiger partial charge on any atom is -0.350 e. The van der Waals surface area contributed by atoms with Gasteiger partial charge in [0.25, 0.3) is 11.8 Å². The summed E-state index contributed by atoms with van der Waals surface area (Å²) in [7, 11) is 0. The average Bonchev–Trinajstić information content (AvgIpc) is 2.96. The highest BCUT2D eigenvalue weighted by molar-refractivity contribution is 6.46. The van der Waals surface area contributed by atoms with Crippen LogP contribution in [0.15, 0.2) is 78.5 Å². The number of aryl methyl sites for hydroxylation is 2. The Morgan fingerprint density at radius 2 is 1.52 bits per heavy atom. The van der Waals surface area contributed by atoms with Crippen LogP contribution in [0.5, 0.6) is 0 Å². The normalized spacial score (nSPS) is 14.0. The van der Waals surface area contributed by atoms with Gasteiger partial charge in [0.05, 0.1) is 11.3 Å². The number of anilines is 2. The minimum atomic E-state index is -0.408. The van der Waals surface area contributed by atoms with E-state index in [4.69, 9.17) is 11.6 Å². The van der Waals surface area contributed by atoms with Crippen molar-refractivity contribution in [1.82, 2.24) is 0 Å². The molecule has 2 amide bonds. The molecule has 0 spiro atoms. The Kier molecular flexibility index (Phi) is 4.95. The fourth-order valence-corrected chi connectivity index (χ4v) is 3.43. The summed E-state index contributed by atoms with van der Waals surface area (Å²) >= 11 is 6.24. The smallest absolute Gasteiger partial charge is 0.282 e. The summed E-state index contributed by atoms with van der Waals surface area (Å²) in [6.45, 7) is 3.86. The lowest BCUT2D eigenvalue weighted by Gasteiger charge is -2.16. The van der Waals surface area contributed by atoms with Crippen molar-refractivity contribution in [2.24, 2.45) is 0 Å². The van der Waals surface area contributed by atoms with Crippen LogP contribution in [0.3, 0.4) is 0 Å². The Hall–Kier alpha value is -3.37. The molecule has 3 aromatic rings. The topological polar surface area (TPSA) is 49.4 Å². The lowest BCUT2D eigenvalue weighted by molar-refractivity contribution is -0.120. The predicted molar refractivity (Wildman–Crippen MR) is 117 cm³/mol. The number of benzene rings is 3. The third-order valence-corrected chi connectivity index (χ3v) is 5.29. The van der Waals surface area contributed by atoms with Crippen LogP contribution >= 0.6 is 11.6 Å². The van der Waals surface area contributed by atoms with Crippen LogP contribution in [0.1, 0.15) is 16.7 Å². The summed E-state index contributed by atoms with van der Waals surface area (Å²) in [5.41, 5.74) is 4.45. The van der Waals surface area contributed by atoms with E-state index in [0.29, 0.717) is 21.8 Å². The molecular formula is C24H19ClN2O2. The predicted octanol–water partition coefficient (Wildman–Crippen LogP) is 5.35. The number of hydrogen-bond acceptors (Lipinski definition) is 3. The van der Waals surface area contributed by atoms with Crippen LogP contribution in [0.4, 0.5) is 11.4 Å². The fraction of sp³-hybridized carbons (Fsp3) is 0.0833. The maximum atomic E-state index is 13.3. The molecule has 0 bridgehead atoms. The second-order valence-electron chi connectivity index (χ2n) is 6.99. The van der Waals surface area contributed by atoms with Gasteiger partial charge in [-0.2, -0.15) is 0 Å². The molecule has 4 rings (SSSR count). The van der Waals surface area contributed by atoms with Crippen molar-refractivity contribution in [2.75, 3.05) is 10.2 Å². The first-order valence-corrected chi connectivity index (χ1v) is 9.62. The molecule has 1 N–H and O–H groups in total. The molecular weight excluding hydrogens is 384 g/mol. The summed E-state index contributed by atoms with van der Waals surface area (Å²) in [5.74, 6) is -0.787. The monoisotopic (exact) mass is 402 g/mol. The number of hydrogen-bond donors (Lipinski definition) is 1. The Labute approximate surface area is 174 Å². The summed E-state index contributed by atoms with van der Waals surface area (Å²) in [6.07, 6.45) is 0. The maximum absolute atomic E-state index is 13.3. The molecule has 0 saturated carbocycles. The quantitative estimate of drug-likeness (QED) is 0.598. The molecule has 0 aromatic heterocycles. The van der Waals surface area contributed by atoms with Crippen molar-refractivity contribution in [2.45, 2.75) is 13.8 Å². The molecule has 0 radical (unpaired) electrons. The Morgan fingerprint density at radius 1 is 0.828 bits per heavy atom. The lowest BCUT2D eigenvalue weighted by Crippen LogP contribution is -2.32. The summed E-state index contributed by atoms with van der Waals surface area (Å²) in [6, 6.07) is 22.0. The van der Waals surface area contributed by atoms with Gasteiger partial charge in [-0.25, -0.2) is 4.90 Å². The zero-order valence-corrected chi connectivity index (χ0v) is 16.8. The average molecular weight is 403 g/mol. The van der Waals surface area contributed by atoms with E-state index in [1.807, 2.05) is 68.4 Å². The van der Waals surface area contributed by atoms with Crippen LogP contribution in [0.25, 0.3) is 5.57 Å². The molecule has 29 heavy (non-hydrogen) atoms. The van der Waals surface area contributed by atoms with Gasteiger partial charge in [0.2, 0.25) is 0 Å². The van der Waals surface area contributed by atoms with E-state index < -0.39 is 5.91 Å². The van der Waals surface area contributed by atoms with Crippen molar-refractivity contribution in [3.8, 4) is 0 Å². The molecule has 4 nitrogen and oxygen atoms in total. The highest BCUT2D eigenvalue weighted by Crippen LogP contribution is 2.35. The molecule has 1 aliphatic heterocycles. The molecule has 1 heterocycles. The first-order chi connectivity index (χ1) is 14.0. The fourth-order valence-electron chi connectivity index (χ4n) is 3.25. The molecule has 5 heteroatoms. The van der Waals surface area contributed by atoms with Gasteiger partial charge in [-0.1, -0.05) is 65.7 Å². The van der Waals surface area contributed by atoms with Gasteiger partial charge in [-0.15, -0.1) is 0 Å². The van der Waals surface area contributed by atoms with Crippen LogP contribution in [-0.2, 0) is 9.59 Å². The molecule has 0 atom stereocenters. The Balaban J connectivity index is 1.81. The number of halogens is 1. The van der Waals surface area contributed by atoms with E-state index >= 15 is 0 Å². The molecule has 1 aliphatic rings. The van der Waals surface area contributed by atoms with Crippen LogP contribution in [0, 0.1) is 13.8 Å². The number of nitrogens with zero attached hydrogens (tertiary/aromatic N) is 1. The second kappa shape index (κ2) is 7.57. The SMILES string of the molecule is Cc1ccc(NC2=C(c3ccccc3)C(=O)N(c3ccc(C)c(Cl)c3)C2=O)cc1. The van der Waals surface area contributed by atoms with Gasteiger partial charge in [-0.3, -0.25) is 9.59 Å². The summed E-state index contributed by atoms with van der Waals surface area (Å²) < 4.78 is 0. The number of rotatable bonds is 4. The highest BCUT2D eigenvalue weighted by Gasteiger charge is 2.40. The summed E-state index contributed by atoms with van der Waals surface area (Å²) in [5, 5.41) is 3.66. The van der Waals surface area contributed by atoms with Gasteiger partial charge in [-0.05, 0) is 49.2 Å². The van der Waals surface area contributed by atoms with Crippen molar-refractivity contribution in [3.63, 3.8) is 0 Å². The Morgan fingerprint density at radius 3 is 2.17 bits per heavy atom. The van der Waals surface area contributed by atoms with E-state index in [2.05, 4.69) is 5.32 Å². The van der Waals surface area contributed by atoms with E-state index in [1.165, 1.54) is 4.90 Å². The highest BCUT2D eigenvalue weighted by atomic mass is 35.5. The van der Waals surface area contributed by atoms with E-state index in [1.54, 1.807) is 18.2 Å². The molecule has 0 fully saturated rings. The van der Waals surface area contributed by atoms with Crippen molar-refractivity contribution in [3.05, 3.63) is 100 Å². The largest absolute Gasteiger partial charge is 0.350 e. The van der Waals surface area contributed by atoms with Gasteiger partial charge in [0, 0.05) is 10.7 Å². The van der Waals surface area contributed by atoms with Crippen LogP contribution in [0.2, 0.25) is 5.02 Å². The zero-order chi connectivity index (χ0) is 20.5. The molecule has 0 unspecified atom stereocenters. The van der Waals surface area contributed by atoms with Crippen molar-refractivity contribution in [1.29, 1.82) is 0 Å². The van der Waals surface area contributed by atoms with E-state index in [-0.39, 0.29) is 11.6 Å². The van der Waals surface area contributed by atoms with Crippen LogP contribution in [-0.4, -0.2) is 11.8 Å². The van der Waals surface area contributed by atoms with Gasteiger partial charge >= 0.3 is 0 Å². The standard InChI is InChI=1S/C24H19ClN2O2/c1-15-8-11-18(12-9-15)26-22-21(17-6-4-3-5-7-17)23(28)27(24(22)29)19-13-10-16(2)20(25)14-19/h3-14,26H,1-2H3. The molecule has 3 aromatic carbocycles. The van der Waals surface area contributed by atoms with E-state index in [0.717, 1.165) is 16.8 Å². The third-order valence-electron chi connectivity index (χ3n) is 4.88. The number of carbonyl (C=O) groups excluding carboxylic acids is 2. The number of nitrogens with one attached hydrogen (secondary N) is 1. The lowest BCUT2D eigenvalue weighted by atomic mass is 10.0. The Bertz CT molecular complexity index is 1140. The number of amides is 2. The van der Waals surface area contributed by atoms with Crippen molar-refractivity contribution < 1.29 is 9.59 Å². The molecule has 0 aliphatic carbocycles. The first-order valence-electron chi connectivity index (χ1n) is 9.24. The number of imide groups is 1. The third kappa shape index (κ3) is 3.55. The van der Waals surface area contributed by atoms with Crippen molar-refractivity contribution >= 4 is 40.4 Å². The second-order valence-corrected chi connectivity index (χ2v) is 7.39. The minimum absolute atomic E-state index is 0.252.